The van der Waals surface area contributed by atoms with Crippen molar-refractivity contribution in [1.29, 1.82) is 0 Å². The van der Waals surface area contributed by atoms with E-state index in [4.69, 9.17) is 11.6 Å². The minimum Gasteiger partial charge on any atom is -0.311 e. The SMILES string of the molecule is CC(CNCc1ccc(Br)cc1Cl)N(C)C1CC1. The highest BCUT2D eigenvalue weighted by molar-refractivity contribution is 9.10. The first-order valence-electron chi connectivity index (χ1n) is 6.44. The highest BCUT2D eigenvalue weighted by Crippen LogP contribution is 2.26. The van der Waals surface area contributed by atoms with Crippen LogP contribution in [0.3, 0.4) is 0 Å². The molecule has 0 bridgehead atoms. The number of hydrogen-bond donors (Lipinski definition) is 1. The van der Waals surface area contributed by atoms with Crippen LogP contribution in [0.2, 0.25) is 5.02 Å². The summed E-state index contributed by atoms with van der Waals surface area (Å²) in [5.41, 5.74) is 1.15. The van der Waals surface area contributed by atoms with Crippen molar-refractivity contribution < 1.29 is 0 Å². The van der Waals surface area contributed by atoms with Crippen LogP contribution in [0, 0.1) is 0 Å². The fourth-order valence-electron chi connectivity index (χ4n) is 2.07. The van der Waals surface area contributed by atoms with Gasteiger partial charge in [0.25, 0.3) is 0 Å². The average molecular weight is 332 g/mol. The lowest BCUT2D eigenvalue weighted by molar-refractivity contribution is 0.241. The van der Waals surface area contributed by atoms with E-state index in [-0.39, 0.29) is 0 Å². The van der Waals surface area contributed by atoms with E-state index in [1.54, 1.807) is 0 Å². The van der Waals surface area contributed by atoms with Gasteiger partial charge in [-0.2, -0.15) is 0 Å². The molecule has 18 heavy (non-hydrogen) atoms. The molecule has 1 N–H and O–H groups in total. The maximum absolute atomic E-state index is 6.19. The Morgan fingerprint density at radius 1 is 1.50 bits per heavy atom. The zero-order valence-electron chi connectivity index (χ0n) is 10.9. The number of nitrogens with zero attached hydrogens (tertiary/aromatic N) is 1. The van der Waals surface area contributed by atoms with Crippen molar-refractivity contribution in [2.75, 3.05) is 13.6 Å². The Balaban J connectivity index is 1.77. The van der Waals surface area contributed by atoms with Crippen molar-refractivity contribution in [3.8, 4) is 0 Å². The monoisotopic (exact) mass is 330 g/mol. The summed E-state index contributed by atoms with van der Waals surface area (Å²) in [6.07, 6.45) is 2.72. The molecule has 0 aliphatic heterocycles. The van der Waals surface area contributed by atoms with Gasteiger partial charge in [0, 0.05) is 34.7 Å². The van der Waals surface area contributed by atoms with Crippen LogP contribution in [0.5, 0.6) is 0 Å². The molecule has 1 saturated carbocycles. The predicted molar refractivity (Wildman–Crippen MR) is 81.1 cm³/mol. The third kappa shape index (κ3) is 3.95. The van der Waals surface area contributed by atoms with Gasteiger partial charge in [-0.25, -0.2) is 0 Å². The summed E-state index contributed by atoms with van der Waals surface area (Å²) in [6.45, 7) is 4.10. The van der Waals surface area contributed by atoms with Gasteiger partial charge in [-0.3, -0.25) is 4.90 Å². The first-order valence-corrected chi connectivity index (χ1v) is 7.61. The first kappa shape index (κ1) is 14.3. The Morgan fingerprint density at radius 2 is 2.22 bits per heavy atom. The fourth-order valence-corrected chi connectivity index (χ4v) is 2.81. The van der Waals surface area contributed by atoms with E-state index in [1.165, 1.54) is 12.8 Å². The second kappa shape index (κ2) is 6.38. The molecule has 1 aromatic rings. The summed E-state index contributed by atoms with van der Waals surface area (Å²) in [7, 11) is 2.22. The van der Waals surface area contributed by atoms with Gasteiger partial charge < -0.3 is 5.32 Å². The van der Waals surface area contributed by atoms with E-state index in [2.05, 4.69) is 46.2 Å². The van der Waals surface area contributed by atoms with Gasteiger partial charge in [0.2, 0.25) is 0 Å². The van der Waals surface area contributed by atoms with Crippen molar-refractivity contribution in [2.24, 2.45) is 0 Å². The summed E-state index contributed by atoms with van der Waals surface area (Å²) in [5.74, 6) is 0. The zero-order chi connectivity index (χ0) is 13.1. The summed E-state index contributed by atoms with van der Waals surface area (Å²) in [5, 5.41) is 4.30. The lowest BCUT2D eigenvalue weighted by Gasteiger charge is -2.24. The molecule has 0 amide bonds. The zero-order valence-corrected chi connectivity index (χ0v) is 13.3. The van der Waals surface area contributed by atoms with Crippen LogP contribution in [0.1, 0.15) is 25.3 Å². The van der Waals surface area contributed by atoms with E-state index in [0.717, 1.165) is 34.2 Å². The van der Waals surface area contributed by atoms with Crippen LogP contribution in [-0.2, 0) is 6.54 Å². The Labute approximate surface area is 123 Å². The summed E-state index contributed by atoms with van der Waals surface area (Å²) in [4.78, 5) is 2.47. The number of benzene rings is 1. The van der Waals surface area contributed by atoms with Gasteiger partial charge in [0.15, 0.2) is 0 Å². The average Bonchev–Trinajstić information content (AvgIpc) is 3.15. The molecule has 1 unspecified atom stereocenters. The molecular weight excluding hydrogens is 312 g/mol. The lowest BCUT2D eigenvalue weighted by Crippen LogP contribution is -2.38. The molecule has 0 saturated heterocycles. The van der Waals surface area contributed by atoms with Gasteiger partial charge >= 0.3 is 0 Å². The van der Waals surface area contributed by atoms with E-state index in [0.29, 0.717) is 6.04 Å². The summed E-state index contributed by atoms with van der Waals surface area (Å²) >= 11 is 9.61. The molecule has 1 aliphatic rings. The highest BCUT2D eigenvalue weighted by Gasteiger charge is 2.28. The van der Waals surface area contributed by atoms with Crippen molar-refractivity contribution in [3.63, 3.8) is 0 Å². The van der Waals surface area contributed by atoms with Crippen molar-refractivity contribution in [2.45, 2.75) is 38.4 Å². The predicted octanol–water partition coefficient (Wildman–Crippen LogP) is 3.67. The molecular formula is C14H20BrClN2. The maximum Gasteiger partial charge on any atom is 0.0462 e. The normalized spacial score (nSPS) is 17.2. The standard InChI is InChI=1S/C14H20BrClN2/c1-10(18(2)13-5-6-13)8-17-9-11-3-4-12(15)7-14(11)16/h3-4,7,10,13,17H,5-6,8-9H2,1-2H3. The van der Waals surface area contributed by atoms with Crippen molar-refractivity contribution in [3.05, 3.63) is 33.3 Å². The Kier molecular flexibility index (Phi) is 5.07. The van der Waals surface area contributed by atoms with Gasteiger partial charge in [0.1, 0.15) is 0 Å². The molecule has 4 heteroatoms. The van der Waals surface area contributed by atoms with Crippen LogP contribution in [0.15, 0.2) is 22.7 Å². The van der Waals surface area contributed by atoms with Gasteiger partial charge in [-0.1, -0.05) is 33.6 Å². The molecule has 1 aliphatic carbocycles. The summed E-state index contributed by atoms with van der Waals surface area (Å²) in [6, 6.07) is 7.43. The number of likely N-dealkylation sites (N-methyl/N-ethyl adjacent to an activating group) is 1. The number of rotatable bonds is 6. The Hall–Kier alpha value is -0.0900. The van der Waals surface area contributed by atoms with Crippen molar-refractivity contribution in [1.82, 2.24) is 10.2 Å². The van der Waals surface area contributed by atoms with Gasteiger partial charge in [-0.15, -0.1) is 0 Å². The first-order chi connectivity index (χ1) is 8.58. The maximum atomic E-state index is 6.19. The van der Waals surface area contributed by atoms with E-state index in [1.807, 2.05) is 12.1 Å². The van der Waals surface area contributed by atoms with Crippen molar-refractivity contribution >= 4 is 27.5 Å². The van der Waals surface area contributed by atoms with Gasteiger partial charge in [0.05, 0.1) is 0 Å². The minimum atomic E-state index is 0.576. The number of halogens is 2. The van der Waals surface area contributed by atoms with Crippen LogP contribution in [0.4, 0.5) is 0 Å². The molecule has 1 atom stereocenters. The molecule has 0 heterocycles. The lowest BCUT2D eigenvalue weighted by atomic mass is 10.2. The molecule has 0 aromatic heterocycles. The molecule has 1 aromatic carbocycles. The third-order valence-corrected chi connectivity index (χ3v) is 4.43. The molecule has 0 spiro atoms. The molecule has 1 fully saturated rings. The Bertz CT molecular complexity index is 407. The Morgan fingerprint density at radius 3 is 2.83 bits per heavy atom. The smallest absolute Gasteiger partial charge is 0.0462 e. The van der Waals surface area contributed by atoms with Crippen LogP contribution >= 0.6 is 27.5 Å². The summed E-state index contributed by atoms with van der Waals surface area (Å²) < 4.78 is 1.03. The van der Waals surface area contributed by atoms with Crippen LogP contribution in [0.25, 0.3) is 0 Å². The fraction of sp³-hybridized carbons (Fsp3) is 0.571. The second-order valence-electron chi connectivity index (χ2n) is 5.11. The third-order valence-electron chi connectivity index (χ3n) is 3.59. The molecule has 100 valence electrons. The van der Waals surface area contributed by atoms with Gasteiger partial charge in [-0.05, 0) is 44.5 Å². The second-order valence-corrected chi connectivity index (χ2v) is 6.44. The van der Waals surface area contributed by atoms with Crippen LogP contribution in [-0.4, -0.2) is 30.6 Å². The molecule has 2 rings (SSSR count). The van der Waals surface area contributed by atoms with E-state index < -0.39 is 0 Å². The number of nitrogens with one attached hydrogen (secondary N) is 1. The minimum absolute atomic E-state index is 0.576. The van der Waals surface area contributed by atoms with Crippen LogP contribution < -0.4 is 5.32 Å². The number of hydrogen-bond acceptors (Lipinski definition) is 2. The quantitative estimate of drug-likeness (QED) is 0.855. The molecule has 0 radical (unpaired) electrons. The van der Waals surface area contributed by atoms with E-state index in [9.17, 15) is 0 Å². The largest absolute Gasteiger partial charge is 0.311 e. The topological polar surface area (TPSA) is 15.3 Å². The molecule has 2 nitrogen and oxygen atoms in total. The highest BCUT2D eigenvalue weighted by atomic mass is 79.9. The van der Waals surface area contributed by atoms with E-state index >= 15 is 0 Å².